The normalized spacial score (nSPS) is 25.8. The molecule has 2 fully saturated rings. The Labute approximate surface area is 114 Å². The van der Waals surface area contributed by atoms with E-state index in [9.17, 15) is 9.59 Å². The van der Waals surface area contributed by atoms with Crippen LogP contribution in [0.3, 0.4) is 0 Å². The maximum atomic E-state index is 12.1. The van der Waals surface area contributed by atoms with Gasteiger partial charge in [0.05, 0.1) is 0 Å². The minimum atomic E-state index is -0.769. The Bertz CT molecular complexity index is 351. The number of amides is 1. The van der Waals surface area contributed by atoms with Gasteiger partial charge < -0.3 is 15.7 Å². The highest BCUT2D eigenvalue weighted by Crippen LogP contribution is 2.58. The number of hydrogen-bond acceptors (Lipinski definition) is 3. The van der Waals surface area contributed by atoms with E-state index >= 15 is 0 Å². The first-order valence-corrected chi connectivity index (χ1v) is 7.26. The van der Waals surface area contributed by atoms with Crippen LogP contribution in [-0.2, 0) is 9.59 Å². The van der Waals surface area contributed by atoms with Crippen LogP contribution in [-0.4, -0.2) is 36.1 Å². The van der Waals surface area contributed by atoms with Crippen LogP contribution in [0.1, 0.15) is 45.4 Å². The van der Waals surface area contributed by atoms with E-state index in [1.165, 1.54) is 0 Å². The Hall–Kier alpha value is -1.10. The first-order chi connectivity index (χ1) is 9.03. The zero-order valence-corrected chi connectivity index (χ0v) is 11.6. The molecule has 2 aliphatic rings. The Morgan fingerprint density at radius 3 is 2.74 bits per heavy atom. The lowest BCUT2D eigenvalue weighted by Gasteiger charge is -2.23. The van der Waals surface area contributed by atoms with E-state index in [1.807, 2.05) is 6.92 Å². The summed E-state index contributed by atoms with van der Waals surface area (Å²) >= 11 is 0. The summed E-state index contributed by atoms with van der Waals surface area (Å²) in [5, 5.41) is 14.9. The SMILES string of the molecule is CC(CCCC(=O)O)NC(=O)C1CC12CCNCC2. The van der Waals surface area contributed by atoms with Crippen LogP contribution < -0.4 is 10.6 Å². The molecule has 19 heavy (non-hydrogen) atoms. The number of hydrogen-bond donors (Lipinski definition) is 3. The van der Waals surface area contributed by atoms with Crippen LogP contribution >= 0.6 is 0 Å². The van der Waals surface area contributed by atoms with Crippen molar-refractivity contribution in [1.29, 1.82) is 0 Å². The maximum absolute atomic E-state index is 12.1. The molecule has 1 heterocycles. The van der Waals surface area contributed by atoms with Crippen molar-refractivity contribution in [1.82, 2.24) is 10.6 Å². The van der Waals surface area contributed by atoms with E-state index in [0.717, 1.165) is 38.8 Å². The van der Waals surface area contributed by atoms with Gasteiger partial charge in [-0.1, -0.05) is 0 Å². The zero-order chi connectivity index (χ0) is 13.9. The van der Waals surface area contributed by atoms with Crippen LogP contribution in [0.5, 0.6) is 0 Å². The lowest BCUT2D eigenvalue weighted by Crippen LogP contribution is -2.37. The van der Waals surface area contributed by atoms with Gasteiger partial charge in [0, 0.05) is 18.4 Å². The van der Waals surface area contributed by atoms with E-state index in [1.54, 1.807) is 0 Å². The lowest BCUT2D eigenvalue weighted by atomic mass is 9.91. The highest BCUT2D eigenvalue weighted by atomic mass is 16.4. The molecule has 1 amide bonds. The second-order valence-electron chi connectivity index (χ2n) is 6.06. The monoisotopic (exact) mass is 268 g/mol. The van der Waals surface area contributed by atoms with Crippen molar-refractivity contribution in [2.24, 2.45) is 11.3 Å². The summed E-state index contributed by atoms with van der Waals surface area (Å²) in [6.45, 7) is 4.01. The number of rotatable bonds is 6. The molecule has 0 aromatic carbocycles. The Morgan fingerprint density at radius 1 is 1.42 bits per heavy atom. The summed E-state index contributed by atoms with van der Waals surface area (Å²) in [6.07, 6.45) is 4.79. The van der Waals surface area contributed by atoms with Crippen molar-refractivity contribution in [3.63, 3.8) is 0 Å². The molecule has 2 unspecified atom stereocenters. The van der Waals surface area contributed by atoms with Gasteiger partial charge in [0.15, 0.2) is 0 Å². The number of aliphatic carboxylic acids is 1. The first kappa shape index (κ1) is 14.3. The second-order valence-corrected chi connectivity index (χ2v) is 6.06. The van der Waals surface area contributed by atoms with Gasteiger partial charge >= 0.3 is 5.97 Å². The van der Waals surface area contributed by atoms with Crippen LogP contribution in [0.15, 0.2) is 0 Å². The average molecular weight is 268 g/mol. The fourth-order valence-electron chi connectivity index (χ4n) is 3.17. The molecule has 0 aromatic heterocycles. The third-order valence-corrected chi connectivity index (χ3v) is 4.52. The van der Waals surface area contributed by atoms with Crippen molar-refractivity contribution in [3.8, 4) is 0 Å². The molecule has 5 heteroatoms. The minimum Gasteiger partial charge on any atom is -0.481 e. The van der Waals surface area contributed by atoms with Gasteiger partial charge in [0.25, 0.3) is 0 Å². The number of piperidine rings is 1. The number of nitrogens with one attached hydrogen (secondary N) is 2. The molecule has 1 saturated heterocycles. The van der Waals surface area contributed by atoms with E-state index in [-0.39, 0.29) is 29.7 Å². The van der Waals surface area contributed by atoms with Gasteiger partial charge in [-0.2, -0.15) is 0 Å². The Kier molecular flexibility index (Phi) is 4.45. The molecule has 1 spiro atoms. The molecule has 0 aromatic rings. The average Bonchev–Trinajstić information content (AvgIpc) is 3.03. The highest BCUT2D eigenvalue weighted by Gasteiger charge is 2.57. The molecular formula is C14H24N2O3. The van der Waals surface area contributed by atoms with Gasteiger partial charge in [-0.3, -0.25) is 9.59 Å². The minimum absolute atomic E-state index is 0.0752. The standard InChI is InChI=1S/C14H24N2O3/c1-10(3-2-4-12(17)18)16-13(19)11-9-14(11)5-7-15-8-6-14/h10-11,15H,2-9H2,1H3,(H,16,19)(H,17,18). The third-order valence-electron chi connectivity index (χ3n) is 4.52. The largest absolute Gasteiger partial charge is 0.481 e. The van der Waals surface area contributed by atoms with E-state index in [2.05, 4.69) is 10.6 Å². The summed E-state index contributed by atoms with van der Waals surface area (Å²) in [6, 6.07) is 0.0752. The van der Waals surface area contributed by atoms with Crippen LogP contribution in [0, 0.1) is 11.3 Å². The molecule has 0 radical (unpaired) electrons. The quantitative estimate of drug-likeness (QED) is 0.675. The fraction of sp³-hybridized carbons (Fsp3) is 0.857. The summed E-state index contributed by atoms with van der Waals surface area (Å²) in [4.78, 5) is 22.6. The van der Waals surface area contributed by atoms with Crippen molar-refractivity contribution in [2.45, 2.75) is 51.5 Å². The van der Waals surface area contributed by atoms with Crippen molar-refractivity contribution < 1.29 is 14.7 Å². The zero-order valence-electron chi connectivity index (χ0n) is 11.6. The van der Waals surface area contributed by atoms with Crippen LogP contribution in [0.25, 0.3) is 0 Å². The number of carboxylic acid groups (broad SMARTS) is 1. The number of carboxylic acids is 1. The molecule has 108 valence electrons. The number of carbonyl (C=O) groups excluding carboxylic acids is 1. The van der Waals surface area contributed by atoms with Crippen molar-refractivity contribution in [2.75, 3.05) is 13.1 Å². The molecule has 5 nitrogen and oxygen atoms in total. The van der Waals surface area contributed by atoms with Gasteiger partial charge in [0.1, 0.15) is 0 Å². The smallest absolute Gasteiger partial charge is 0.303 e. The molecular weight excluding hydrogens is 244 g/mol. The molecule has 2 rings (SSSR count). The molecule has 2 atom stereocenters. The van der Waals surface area contributed by atoms with Gasteiger partial charge in [-0.05, 0) is 57.5 Å². The van der Waals surface area contributed by atoms with E-state index < -0.39 is 5.97 Å². The van der Waals surface area contributed by atoms with E-state index in [0.29, 0.717) is 6.42 Å². The molecule has 1 aliphatic carbocycles. The molecule has 1 aliphatic heterocycles. The lowest BCUT2D eigenvalue weighted by molar-refractivity contribution is -0.137. The van der Waals surface area contributed by atoms with Gasteiger partial charge in [-0.25, -0.2) is 0 Å². The van der Waals surface area contributed by atoms with Crippen LogP contribution in [0.4, 0.5) is 0 Å². The second kappa shape index (κ2) is 5.90. The summed E-state index contributed by atoms with van der Waals surface area (Å²) in [7, 11) is 0. The molecule has 3 N–H and O–H groups in total. The molecule has 1 saturated carbocycles. The van der Waals surface area contributed by atoms with E-state index in [4.69, 9.17) is 5.11 Å². The topological polar surface area (TPSA) is 78.4 Å². The predicted molar refractivity (Wildman–Crippen MR) is 71.7 cm³/mol. The maximum Gasteiger partial charge on any atom is 0.303 e. The number of carbonyl (C=O) groups is 2. The Balaban J connectivity index is 1.68. The van der Waals surface area contributed by atoms with Gasteiger partial charge in [0.2, 0.25) is 5.91 Å². The fourth-order valence-corrected chi connectivity index (χ4v) is 3.17. The predicted octanol–water partition coefficient (Wildman–Crippen LogP) is 1.14. The summed E-state index contributed by atoms with van der Waals surface area (Å²) < 4.78 is 0. The summed E-state index contributed by atoms with van der Waals surface area (Å²) in [5.74, 6) is -0.407. The summed E-state index contributed by atoms with van der Waals surface area (Å²) in [5.41, 5.74) is 0.274. The van der Waals surface area contributed by atoms with Crippen LogP contribution in [0.2, 0.25) is 0 Å². The Morgan fingerprint density at radius 2 is 2.11 bits per heavy atom. The van der Waals surface area contributed by atoms with Crippen molar-refractivity contribution in [3.05, 3.63) is 0 Å². The highest BCUT2D eigenvalue weighted by molar-refractivity contribution is 5.82. The third kappa shape index (κ3) is 3.69. The first-order valence-electron chi connectivity index (χ1n) is 7.26. The van der Waals surface area contributed by atoms with Gasteiger partial charge in [-0.15, -0.1) is 0 Å². The van der Waals surface area contributed by atoms with Crippen molar-refractivity contribution >= 4 is 11.9 Å². The molecule has 0 bridgehead atoms.